The predicted octanol–water partition coefficient (Wildman–Crippen LogP) is 15.5. The first kappa shape index (κ1) is 31.9. The van der Waals surface area contributed by atoms with E-state index in [9.17, 15) is 0 Å². The van der Waals surface area contributed by atoms with Crippen LogP contribution in [0.1, 0.15) is 5.56 Å². The van der Waals surface area contributed by atoms with Crippen molar-refractivity contribution in [2.75, 3.05) is 0 Å². The Labute approximate surface area is 336 Å². The summed E-state index contributed by atoms with van der Waals surface area (Å²) in [7, 11) is 0. The molecule has 0 atom stereocenters. The Morgan fingerprint density at radius 1 is 0.466 bits per heavy atom. The minimum atomic E-state index is 0.875. The van der Waals surface area contributed by atoms with Gasteiger partial charge in [-0.15, -0.1) is 11.3 Å². The van der Waals surface area contributed by atoms with Crippen LogP contribution in [0.3, 0.4) is 0 Å². The summed E-state index contributed by atoms with van der Waals surface area (Å²) in [6.45, 7) is 2.14. The van der Waals surface area contributed by atoms with Gasteiger partial charge in [-0.1, -0.05) is 146 Å². The molecule has 0 spiro atoms. The summed E-state index contributed by atoms with van der Waals surface area (Å²) >= 11 is 1.92. The molecule has 58 heavy (non-hydrogen) atoms. The Kier molecular flexibility index (Phi) is 6.53. The van der Waals surface area contributed by atoms with Gasteiger partial charge in [0.1, 0.15) is 11.2 Å². The van der Waals surface area contributed by atoms with Crippen LogP contribution in [0.2, 0.25) is 0 Å². The third-order valence-electron chi connectivity index (χ3n) is 12.3. The molecule has 0 N–H and O–H groups in total. The van der Waals surface area contributed by atoms with Gasteiger partial charge in [0.05, 0.1) is 27.8 Å². The van der Waals surface area contributed by atoms with E-state index in [1.807, 2.05) is 23.5 Å². The maximum absolute atomic E-state index is 6.59. The Bertz CT molecular complexity index is 3850. The fourth-order valence-electron chi connectivity index (χ4n) is 9.58. The lowest BCUT2D eigenvalue weighted by molar-refractivity contribution is 0.665. The van der Waals surface area contributed by atoms with Crippen molar-refractivity contribution < 1.29 is 4.42 Å². The molecule has 0 aliphatic carbocycles. The minimum absolute atomic E-state index is 0.875. The zero-order chi connectivity index (χ0) is 38.1. The molecule has 0 amide bonds. The molecule has 0 saturated carbocycles. The average Bonchev–Trinajstić information content (AvgIpc) is 3.97. The Hall–Kier alpha value is -7.27. The normalized spacial score (nSPS) is 12.2. The first-order valence-corrected chi connectivity index (χ1v) is 20.6. The molecule has 0 aliphatic heterocycles. The number of rotatable bonds is 3. The van der Waals surface area contributed by atoms with Crippen LogP contribution in [0.15, 0.2) is 180 Å². The quantitative estimate of drug-likeness (QED) is 0.180. The van der Waals surface area contributed by atoms with Crippen molar-refractivity contribution in [2.45, 2.75) is 6.92 Å². The summed E-state index contributed by atoms with van der Waals surface area (Å²) in [5.74, 6) is 0. The molecule has 4 heterocycles. The number of pyridine rings is 1. The maximum Gasteiger partial charge on any atom is 0.142 e. The zero-order valence-electron chi connectivity index (χ0n) is 31.5. The number of hydrogen-bond acceptors (Lipinski definition) is 3. The summed E-state index contributed by atoms with van der Waals surface area (Å²) in [5.41, 5.74) is 10.3. The number of fused-ring (bicyclic) bond motifs is 15. The molecule has 0 aliphatic rings. The van der Waals surface area contributed by atoms with E-state index in [2.05, 4.69) is 175 Å². The van der Waals surface area contributed by atoms with Crippen molar-refractivity contribution >= 4 is 108 Å². The van der Waals surface area contributed by atoms with Crippen molar-refractivity contribution in [1.82, 2.24) is 9.55 Å². The Balaban J connectivity index is 1.06. The molecular formula is C54H32N2OS. The lowest BCUT2D eigenvalue weighted by Crippen LogP contribution is -1.97. The monoisotopic (exact) mass is 756 g/mol. The van der Waals surface area contributed by atoms with E-state index >= 15 is 0 Å². The number of furan rings is 1. The Morgan fingerprint density at radius 2 is 1.09 bits per heavy atom. The number of thiophene rings is 1. The van der Waals surface area contributed by atoms with Gasteiger partial charge in [0.2, 0.25) is 0 Å². The molecule has 0 saturated heterocycles. The summed E-state index contributed by atoms with van der Waals surface area (Å²) in [6, 6.07) is 63.9. The number of para-hydroxylation sites is 1. The smallest absolute Gasteiger partial charge is 0.142 e. The van der Waals surface area contributed by atoms with Crippen molar-refractivity contribution in [1.29, 1.82) is 0 Å². The molecule has 3 nitrogen and oxygen atoms in total. The first-order valence-electron chi connectivity index (χ1n) is 19.8. The van der Waals surface area contributed by atoms with E-state index in [4.69, 9.17) is 9.40 Å². The van der Waals surface area contributed by atoms with Crippen molar-refractivity contribution in [3.8, 4) is 28.2 Å². The highest BCUT2D eigenvalue weighted by Gasteiger charge is 2.22. The van der Waals surface area contributed by atoms with Gasteiger partial charge in [-0.2, -0.15) is 0 Å². The van der Waals surface area contributed by atoms with Crippen LogP contribution >= 0.6 is 11.3 Å². The average molecular weight is 757 g/mol. The number of aryl methyl sites for hydroxylation is 1. The minimum Gasteiger partial charge on any atom is -0.456 e. The van der Waals surface area contributed by atoms with Crippen molar-refractivity contribution in [2.24, 2.45) is 0 Å². The summed E-state index contributed by atoms with van der Waals surface area (Å²) < 4.78 is 11.8. The zero-order valence-corrected chi connectivity index (χ0v) is 32.3. The van der Waals surface area contributed by atoms with Gasteiger partial charge in [0.15, 0.2) is 0 Å². The van der Waals surface area contributed by atoms with Gasteiger partial charge in [-0.25, -0.2) is 4.98 Å². The number of aromatic nitrogens is 2. The van der Waals surface area contributed by atoms with E-state index in [-0.39, 0.29) is 0 Å². The lowest BCUT2D eigenvalue weighted by atomic mass is 9.99. The van der Waals surface area contributed by atoms with E-state index in [1.54, 1.807) is 0 Å². The van der Waals surface area contributed by atoms with Crippen LogP contribution in [-0.2, 0) is 0 Å². The molecule has 0 fully saturated rings. The van der Waals surface area contributed by atoms with Crippen molar-refractivity contribution in [3.05, 3.63) is 181 Å². The number of nitrogens with zero attached hydrogens (tertiary/aromatic N) is 2. The molecule has 9 aromatic carbocycles. The van der Waals surface area contributed by atoms with Gasteiger partial charge in [-0.3, -0.25) is 0 Å². The van der Waals surface area contributed by atoms with Crippen LogP contribution in [0.25, 0.3) is 124 Å². The second-order valence-electron chi connectivity index (χ2n) is 15.5. The van der Waals surface area contributed by atoms with Crippen LogP contribution in [0.5, 0.6) is 0 Å². The van der Waals surface area contributed by atoms with E-state index in [0.29, 0.717) is 0 Å². The maximum atomic E-state index is 6.59. The lowest BCUT2D eigenvalue weighted by Gasteiger charge is -2.13. The van der Waals surface area contributed by atoms with Gasteiger partial charge >= 0.3 is 0 Å². The topological polar surface area (TPSA) is 31.0 Å². The largest absolute Gasteiger partial charge is 0.456 e. The van der Waals surface area contributed by atoms with Crippen molar-refractivity contribution in [3.63, 3.8) is 0 Å². The predicted molar refractivity (Wildman–Crippen MR) is 247 cm³/mol. The fraction of sp³-hybridized carbons (Fsp3) is 0.0185. The molecular weight excluding hydrogens is 725 g/mol. The highest BCUT2D eigenvalue weighted by atomic mass is 32.1. The molecule has 4 aromatic heterocycles. The van der Waals surface area contributed by atoms with Crippen LogP contribution in [-0.4, -0.2) is 9.55 Å². The van der Waals surface area contributed by atoms with Gasteiger partial charge in [0, 0.05) is 69.5 Å². The molecule has 270 valence electrons. The molecule has 0 unspecified atom stereocenters. The summed E-state index contributed by atoms with van der Waals surface area (Å²) in [4.78, 5) is 5.43. The third kappa shape index (κ3) is 4.41. The highest BCUT2D eigenvalue weighted by Crippen LogP contribution is 2.45. The fourth-order valence-corrected chi connectivity index (χ4v) is 10.9. The van der Waals surface area contributed by atoms with Gasteiger partial charge in [0.25, 0.3) is 0 Å². The Morgan fingerprint density at radius 3 is 1.88 bits per heavy atom. The molecule has 13 aromatic rings. The molecule has 0 radical (unpaired) electrons. The number of hydrogen-bond donors (Lipinski definition) is 0. The summed E-state index contributed by atoms with van der Waals surface area (Å²) in [6.07, 6.45) is 0. The molecule has 4 heteroatoms. The molecule has 13 rings (SSSR count). The van der Waals surface area contributed by atoms with Gasteiger partial charge in [-0.05, 0) is 58.8 Å². The second-order valence-corrected chi connectivity index (χ2v) is 16.5. The first-order chi connectivity index (χ1) is 28.7. The number of benzene rings is 9. The van der Waals surface area contributed by atoms with E-state index in [0.717, 1.165) is 55.7 Å². The van der Waals surface area contributed by atoms with E-state index in [1.165, 1.54) is 74.3 Å². The third-order valence-corrected chi connectivity index (χ3v) is 13.6. The van der Waals surface area contributed by atoms with E-state index < -0.39 is 0 Å². The van der Waals surface area contributed by atoms with Gasteiger partial charge < -0.3 is 8.98 Å². The highest BCUT2D eigenvalue weighted by molar-refractivity contribution is 7.27. The standard InChI is InChI=1S/C54H32N2OS/c1-31-49(55-50(34-13-3-2-4-14-34)48-43-17-9-10-18-47(43)57-52(31)48)35-19-24-37(25-20-35)56-46-30-44-36(29-45(46)40-26-21-32-11-5-7-15-38(32)51(40)56)23-28-42-41-27-22-33-12-6-8-16-39(33)53(41)58-54(42)44/h2-30H,1H3. The summed E-state index contributed by atoms with van der Waals surface area (Å²) in [5, 5.41) is 14.9. The van der Waals surface area contributed by atoms with Crippen LogP contribution in [0, 0.1) is 6.92 Å². The second kappa shape index (κ2) is 11.9. The van der Waals surface area contributed by atoms with Crippen LogP contribution in [0.4, 0.5) is 0 Å². The SMILES string of the molecule is Cc1c(-c2ccc(-n3c4cc5c(ccc6c7ccc8ccccc8c7sc56)cc4c4ccc5ccccc5c43)cc2)nc(-c2ccccc2)c2c1oc1ccccc12. The molecule has 0 bridgehead atoms. The van der Waals surface area contributed by atoms with Crippen LogP contribution < -0.4 is 0 Å².